The number of thiophene rings is 2. The fourth-order valence-electron chi connectivity index (χ4n) is 2.04. The lowest BCUT2D eigenvalue weighted by atomic mass is 10.2. The van der Waals surface area contributed by atoms with Crippen LogP contribution in [0.15, 0.2) is 42.0 Å². The molecule has 6 heteroatoms. The summed E-state index contributed by atoms with van der Waals surface area (Å²) in [4.78, 5) is 6.75. The summed E-state index contributed by atoms with van der Waals surface area (Å²) in [6, 6.07) is 8.11. The fraction of sp³-hybridized carbons (Fsp3) is 0.154. The van der Waals surface area contributed by atoms with Gasteiger partial charge in [-0.25, -0.2) is 4.98 Å². The highest BCUT2D eigenvalue weighted by Crippen LogP contribution is 2.32. The number of aromatic nitrogens is 2. The Morgan fingerprint density at radius 3 is 2.89 bits per heavy atom. The smallest absolute Gasteiger partial charge is 0.150 e. The second kappa shape index (κ2) is 5.46. The first-order valence-corrected chi connectivity index (χ1v) is 7.89. The molecule has 0 saturated heterocycles. The van der Waals surface area contributed by atoms with Gasteiger partial charge in [-0.15, -0.1) is 22.7 Å². The molecule has 3 aromatic heterocycles. The molecule has 2 N–H and O–H groups in total. The van der Waals surface area contributed by atoms with Gasteiger partial charge in [0.05, 0.1) is 15.3 Å². The van der Waals surface area contributed by atoms with Crippen LogP contribution in [-0.2, 0) is 0 Å². The maximum absolute atomic E-state index is 6.02. The minimum absolute atomic E-state index is 0.0806. The second-order valence-electron chi connectivity index (χ2n) is 4.03. The molecule has 0 bridgehead atoms. The first-order valence-electron chi connectivity index (χ1n) is 5.81. The van der Waals surface area contributed by atoms with Gasteiger partial charge in [0.2, 0.25) is 0 Å². The summed E-state index contributed by atoms with van der Waals surface area (Å²) in [5.41, 5.74) is 5.95. The SMILES string of the molecule is NCC(c1ccc(Cl)s1)n1ccnc1-c1cccs1. The van der Waals surface area contributed by atoms with Gasteiger partial charge in [-0.3, -0.25) is 0 Å². The van der Waals surface area contributed by atoms with Crippen LogP contribution in [0.3, 0.4) is 0 Å². The molecule has 98 valence electrons. The summed E-state index contributed by atoms with van der Waals surface area (Å²) in [6.07, 6.45) is 3.78. The van der Waals surface area contributed by atoms with Crippen LogP contribution in [0.1, 0.15) is 10.9 Å². The van der Waals surface area contributed by atoms with Crippen molar-refractivity contribution in [2.45, 2.75) is 6.04 Å². The van der Waals surface area contributed by atoms with Gasteiger partial charge in [-0.05, 0) is 23.6 Å². The maximum atomic E-state index is 6.02. The molecule has 3 aromatic rings. The van der Waals surface area contributed by atoms with Gasteiger partial charge in [0.25, 0.3) is 0 Å². The molecule has 0 amide bonds. The molecule has 0 saturated carbocycles. The third-order valence-electron chi connectivity index (χ3n) is 2.89. The lowest BCUT2D eigenvalue weighted by Gasteiger charge is -2.17. The highest BCUT2D eigenvalue weighted by atomic mass is 35.5. The van der Waals surface area contributed by atoms with E-state index in [1.54, 1.807) is 22.7 Å². The van der Waals surface area contributed by atoms with E-state index in [0.29, 0.717) is 6.54 Å². The number of nitrogens with two attached hydrogens (primary N) is 1. The number of imidazole rings is 1. The van der Waals surface area contributed by atoms with E-state index in [1.807, 2.05) is 36.0 Å². The second-order valence-corrected chi connectivity index (χ2v) is 6.72. The van der Waals surface area contributed by atoms with E-state index >= 15 is 0 Å². The summed E-state index contributed by atoms with van der Waals surface area (Å²) in [6.45, 7) is 0.519. The molecule has 0 aromatic carbocycles. The molecular formula is C13H12ClN3S2. The van der Waals surface area contributed by atoms with Crippen molar-refractivity contribution < 1.29 is 0 Å². The third-order valence-corrected chi connectivity index (χ3v) is 5.09. The first kappa shape index (κ1) is 12.9. The van der Waals surface area contributed by atoms with Crippen LogP contribution < -0.4 is 5.73 Å². The molecule has 1 atom stereocenters. The molecule has 3 heterocycles. The van der Waals surface area contributed by atoms with Crippen LogP contribution >= 0.6 is 34.3 Å². The van der Waals surface area contributed by atoms with Crippen molar-refractivity contribution in [3.63, 3.8) is 0 Å². The van der Waals surface area contributed by atoms with Crippen molar-refractivity contribution in [1.82, 2.24) is 9.55 Å². The first-order chi connectivity index (χ1) is 9.29. The van der Waals surface area contributed by atoms with Gasteiger partial charge in [-0.1, -0.05) is 17.7 Å². The number of nitrogens with zero attached hydrogens (tertiary/aromatic N) is 2. The quantitative estimate of drug-likeness (QED) is 0.795. The standard InChI is InChI=1S/C13H12ClN3S2/c14-12-4-3-10(19-12)9(8-15)17-6-5-16-13(17)11-2-1-7-18-11/h1-7,9H,8,15H2. The minimum Gasteiger partial charge on any atom is -0.328 e. The van der Waals surface area contributed by atoms with Crippen molar-refractivity contribution >= 4 is 34.3 Å². The van der Waals surface area contributed by atoms with E-state index in [4.69, 9.17) is 17.3 Å². The Hall–Kier alpha value is -1.14. The molecule has 3 rings (SSSR count). The molecule has 3 nitrogen and oxygen atoms in total. The van der Waals surface area contributed by atoms with Gasteiger partial charge in [0, 0.05) is 23.8 Å². The Balaban J connectivity index is 2.03. The zero-order valence-corrected chi connectivity index (χ0v) is 12.4. The van der Waals surface area contributed by atoms with E-state index in [9.17, 15) is 0 Å². The predicted octanol–water partition coefficient (Wildman–Crippen LogP) is 3.87. The van der Waals surface area contributed by atoms with Crippen molar-refractivity contribution in [2.75, 3.05) is 6.54 Å². The molecule has 0 aliphatic rings. The van der Waals surface area contributed by atoms with E-state index in [-0.39, 0.29) is 6.04 Å². The zero-order valence-electron chi connectivity index (χ0n) is 9.99. The van der Waals surface area contributed by atoms with Crippen molar-refractivity contribution in [1.29, 1.82) is 0 Å². The topological polar surface area (TPSA) is 43.8 Å². The van der Waals surface area contributed by atoms with Crippen LogP contribution in [0.5, 0.6) is 0 Å². The number of rotatable bonds is 4. The molecule has 0 spiro atoms. The zero-order chi connectivity index (χ0) is 13.2. The fourth-order valence-corrected chi connectivity index (χ4v) is 3.93. The van der Waals surface area contributed by atoms with Crippen LogP contribution in [0.4, 0.5) is 0 Å². The lowest BCUT2D eigenvalue weighted by molar-refractivity contribution is 0.611. The highest BCUT2D eigenvalue weighted by molar-refractivity contribution is 7.16. The van der Waals surface area contributed by atoms with Gasteiger partial charge < -0.3 is 10.3 Å². The van der Waals surface area contributed by atoms with E-state index in [2.05, 4.69) is 15.6 Å². The van der Waals surface area contributed by atoms with E-state index < -0.39 is 0 Å². The van der Waals surface area contributed by atoms with Crippen LogP contribution in [0, 0.1) is 0 Å². The van der Waals surface area contributed by atoms with Crippen LogP contribution in [0.2, 0.25) is 4.34 Å². The Morgan fingerprint density at radius 2 is 2.26 bits per heavy atom. The predicted molar refractivity (Wildman–Crippen MR) is 82.1 cm³/mol. The molecule has 0 radical (unpaired) electrons. The molecule has 1 unspecified atom stereocenters. The summed E-state index contributed by atoms with van der Waals surface area (Å²) >= 11 is 9.26. The Morgan fingerprint density at radius 1 is 1.37 bits per heavy atom. The average molecular weight is 310 g/mol. The maximum Gasteiger partial charge on any atom is 0.150 e. The molecule has 0 fully saturated rings. The summed E-state index contributed by atoms with van der Waals surface area (Å²) in [5.74, 6) is 0.954. The van der Waals surface area contributed by atoms with Gasteiger partial charge >= 0.3 is 0 Å². The van der Waals surface area contributed by atoms with Gasteiger partial charge in [-0.2, -0.15) is 0 Å². The van der Waals surface area contributed by atoms with Gasteiger partial charge in [0.15, 0.2) is 5.82 Å². The van der Waals surface area contributed by atoms with Crippen molar-refractivity contribution in [2.24, 2.45) is 5.73 Å². The van der Waals surface area contributed by atoms with Gasteiger partial charge in [0.1, 0.15) is 0 Å². The largest absolute Gasteiger partial charge is 0.328 e. The molecule has 19 heavy (non-hydrogen) atoms. The average Bonchev–Trinajstić information content (AvgIpc) is 3.10. The lowest BCUT2D eigenvalue weighted by Crippen LogP contribution is -2.19. The van der Waals surface area contributed by atoms with Crippen LogP contribution in [-0.4, -0.2) is 16.1 Å². The molecule has 0 aliphatic carbocycles. The highest BCUT2D eigenvalue weighted by Gasteiger charge is 2.18. The summed E-state index contributed by atoms with van der Waals surface area (Å²) < 4.78 is 2.90. The number of hydrogen-bond donors (Lipinski definition) is 1. The Kier molecular flexibility index (Phi) is 3.70. The van der Waals surface area contributed by atoms with Crippen molar-refractivity contribution in [3.8, 4) is 10.7 Å². The monoisotopic (exact) mass is 309 g/mol. The van der Waals surface area contributed by atoms with Crippen LogP contribution in [0.25, 0.3) is 10.7 Å². The summed E-state index contributed by atoms with van der Waals surface area (Å²) in [5, 5.41) is 2.05. The summed E-state index contributed by atoms with van der Waals surface area (Å²) in [7, 11) is 0. The van der Waals surface area contributed by atoms with Crippen molar-refractivity contribution in [3.05, 3.63) is 51.3 Å². The third kappa shape index (κ3) is 2.47. The molecule has 0 aliphatic heterocycles. The number of halogens is 1. The normalized spacial score (nSPS) is 12.7. The number of hydrogen-bond acceptors (Lipinski definition) is 4. The van der Waals surface area contributed by atoms with E-state index in [0.717, 1.165) is 19.9 Å². The molecular weight excluding hydrogens is 298 g/mol. The van der Waals surface area contributed by atoms with E-state index in [1.165, 1.54) is 0 Å². The Labute approximate surface area is 124 Å². The Bertz CT molecular complexity index is 657. The minimum atomic E-state index is 0.0806.